The number of aromatic nitrogens is 1. The van der Waals surface area contributed by atoms with Crippen LogP contribution in [0.15, 0.2) is 39.7 Å². The van der Waals surface area contributed by atoms with Crippen LogP contribution >= 0.6 is 24.0 Å². The van der Waals surface area contributed by atoms with Crippen molar-refractivity contribution in [2.45, 2.75) is 32.9 Å². The number of aryl methyl sites for hydroxylation is 2. The molecule has 2 heterocycles. The van der Waals surface area contributed by atoms with Gasteiger partial charge in [-0.3, -0.25) is 9.89 Å². The molecule has 0 aliphatic carbocycles. The van der Waals surface area contributed by atoms with E-state index in [1.807, 2.05) is 13.8 Å². The topological polar surface area (TPSA) is 68.9 Å². The lowest BCUT2D eigenvalue weighted by molar-refractivity contribution is 0.0891. The number of nitrogens with zero attached hydrogens (tertiary/aromatic N) is 4. The maximum Gasteiger partial charge on any atom is 0.214 e. The van der Waals surface area contributed by atoms with Crippen LogP contribution in [-0.4, -0.2) is 67.6 Å². The van der Waals surface area contributed by atoms with Crippen LogP contribution in [0.2, 0.25) is 0 Å². The Morgan fingerprint density at radius 3 is 2.63 bits per heavy atom. The van der Waals surface area contributed by atoms with Gasteiger partial charge in [-0.05, 0) is 32.9 Å². The van der Waals surface area contributed by atoms with Crippen molar-refractivity contribution in [2.75, 3.05) is 46.8 Å². The van der Waals surface area contributed by atoms with Crippen molar-refractivity contribution in [3.05, 3.63) is 53.2 Å². The number of aliphatic imine (C=N–C) groups is 1. The highest BCUT2D eigenvalue weighted by molar-refractivity contribution is 14.0. The second-order valence-corrected chi connectivity index (χ2v) is 7.68. The van der Waals surface area contributed by atoms with Gasteiger partial charge in [-0.15, -0.1) is 24.0 Å². The molecule has 0 saturated carbocycles. The zero-order valence-corrected chi connectivity index (χ0v) is 20.8. The predicted octanol–water partition coefficient (Wildman–Crippen LogP) is 2.95. The number of halogens is 1. The highest BCUT2D eigenvalue weighted by Crippen LogP contribution is 2.24. The molecule has 1 aliphatic rings. The predicted molar refractivity (Wildman–Crippen MR) is 132 cm³/mol. The van der Waals surface area contributed by atoms with E-state index in [2.05, 4.69) is 67.8 Å². The van der Waals surface area contributed by atoms with Crippen LogP contribution < -0.4 is 10.6 Å². The van der Waals surface area contributed by atoms with Gasteiger partial charge in [0.05, 0.1) is 12.2 Å². The monoisotopic (exact) mass is 526 g/mol. The van der Waals surface area contributed by atoms with Crippen LogP contribution in [0.5, 0.6) is 0 Å². The molecule has 0 spiro atoms. The second kappa shape index (κ2) is 12.3. The number of rotatable bonds is 7. The van der Waals surface area contributed by atoms with Crippen molar-refractivity contribution in [1.82, 2.24) is 25.4 Å². The third kappa shape index (κ3) is 6.95. The molecule has 1 aromatic carbocycles. The van der Waals surface area contributed by atoms with Crippen molar-refractivity contribution in [3.8, 4) is 0 Å². The summed E-state index contributed by atoms with van der Waals surface area (Å²) in [5.41, 5.74) is 2.34. The van der Waals surface area contributed by atoms with Crippen molar-refractivity contribution in [3.63, 3.8) is 0 Å². The van der Waals surface area contributed by atoms with E-state index in [4.69, 9.17) is 4.42 Å². The molecule has 0 bridgehead atoms. The zero-order chi connectivity index (χ0) is 20.6. The molecule has 0 amide bonds. The molecule has 3 rings (SSSR count). The summed E-state index contributed by atoms with van der Waals surface area (Å²) in [7, 11) is 3.99. The number of nitrogens with one attached hydrogen (secondary N) is 2. The number of likely N-dealkylation sites (N-methyl/N-ethyl adjacent to an activating group) is 1. The van der Waals surface area contributed by atoms with Crippen molar-refractivity contribution in [2.24, 2.45) is 4.99 Å². The molecule has 2 N–H and O–H groups in total. The molecular formula is C22H35IN6O. The van der Waals surface area contributed by atoms with E-state index in [0.717, 1.165) is 56.6 Å². The molecule has 7 nitrogen and oxygen atoms in total. The standard InChI is InChI=1S/C22H34N6O.HI/c1-17-18(2)29-21(26-17)15-25-22(23-3)24-11-8-12-28-14-13-27(4)16-20(28)19-9-6-5-7-10-19;/h5-7,9-10,20H,8,11-16H2,1-4H3,(H2,23,24,25);1H. The zero-order valence-electron chi connectivity index (χ0n) is 18.5. The highest BCUT2D eigenvalue weighted by Gasteiger charge is 2.25. The SMILES string of the molecule is CN=C(NCCCN1CCN(C)CC1c1ccccc1)NCc1nc(C)c(C)o1.I. The number of guanidine groups is 1. The molecule has 2 aromatic rings. The van der Waals surface area contributed by atoms with Gasteiger partial charge in [0, 0.05) is 45.8 Å². The first-order valence-electron chi connectivity index (χ1n) is 10.4. The highest BCUT2D eigenvalue weighted by atomic mass is 127. The van der Waals surface area contributed by atoms with E-state index in [0.29, 0.717) is 18.5 Å². The first kappa shape index (κ1) is 24.6. The Labute approximate surface area is 197 Å². The van der Waals surface area contributed by atoms with Crippen LogP contribution in [-0.2, 0) is 6.54 Å². The number of benzene rings is 1. The average molecular weight is 526 g/mol. The first-order valence-corrected chi connectivity index (χ1v) is 10.4. The summed E-state index contributed by atoms with van der Waals surface area (Å²) in [6, 6.07) is 11.3. The smallest absolute Gasteiger partial charge is 0.214 e. The molecule has 1 unspecified atom stereocenters. The van der Waals surface area contributed by atoms with Crippen LogP contribution in [0.3, 0.4) is 0 Å². The van der Waals surface area contributed by atoms with E-state index < -0.39 is 0 Å². The molecule has 30 heavy (non-hydrogen) atoms. The summed E-state index contributed by atoms with van der Waals surface area (Å²) >= 11 is 0. The molecule has 8 heteroatoms. The molecule has 1 aliphatic heterocycles. The normalized spacial score (nSPS) is 18.1. The van der Waals surface area contributed by atoms with Crippen LogP contribution in [0.1, 0.15) is 35.4 Å². The number of hydrogen-bond acceptors (Lipinski definition) is 5. The molecular weight excluding hydrogens is 491 g/mol. The molecule has 166 valence electrons. The van der Waals surface area contributed by atoms with Gasteiger partial charge in [-0.25, -0.2) is 4.98 Å². The number of oxazole rings is 1. The Morgan fingerprint density at radius 2 is 1.97 bits per heavy atom. The minimum Gasteiger partial charge on any atom is -0.444 e. The van der Waals surface area contributed by atoms with Gasteiger partial charge in [0.15, 0.2) is 5.96 Å². The largest absolute Gasteiger partial charge is 0.444 e. The minimum absolute atomic E-state index is 0. The number of piperazine rings is 1. The van der Waals surface area contributed by atoms with E-state index in [-0.39, 0.29) is 24.0 Å². The third-order valence-electron chi connectivity index (χ3n) is 5.50. The van der Waals surface area contributed by atoms with Gasteiger partial charge in [0.25, 0.3) is 0 Å². The lowest BCUT2D eigenvalue weighted by Gasteiger charge is -2.40. The fourth-order valence-electron chi connectivity index (χ4n) is 3.70. The van der Waals surface area contributed by atoms with Crippen molar-refractivity contribution >= 4 is 29.9 Å². The summed E-state index contributed by atoms with van der Waals surface area (Å²) in [5, 5.41) is 6.66. The Morgan fingerprint density at radius 1 is 1.20 bits per heavy atom. The van der Waals surface area contributed by atoms with Crippen LogP contribution in [0.25, 0.3) is 0 Å². The lowest BCUT2D eigenvalue weighted by atomic mass is 10.0. The van der Waals surface area contributed by atoms with Crippen LogP contribution in [0, 0.1) is 13.8 Å². The second-order valence-electron chi connectivity index (χ2n) is 7.68. The quantitative estimate of drug-likeness (QED) is 0.250. The maximum absolute atomic E-state index is 5.61. The molecule has 1 aromatic heterocycles. The van der Waals surface area contributed by atoms with Gasteiger partial charge in [0.2, 0.25) is 5.89 Å². The first-order chi connectivity index (χ1) is 14.1. The fraction of sp³-hybridized carbons (Fsp3) is 0.545. The minimum atomic E-state index is 0. The van der Waals surface area contributed by atoms with Gasteiger partial charge in [0.1, 0.15) is 5.76 Å². The van der Waals surface area contributed by atoms with E-state index >= 15 is 0 Å². The van der Waals surface area contributed by atoms with Gasteiger partial charge >= 0.3 is 0 Å². The van der Waals surface area contributed by atoms with Gasteiger partial charge in [-0.1, -0.05) is 30.3 Å². The van der Waals surface area contributed by atoms with E-state index in [1.165, 1.54) is 5.56 Å². The summed E-state index contributed by atoms with van der Waals surface area (Å²) in [4.78, 5) is 13.7. The maximum atomic E-state index is 5.61. The summed E-state index contributed by atoms with van der Waals surface area (Å²) in [6.07, 6.45) is 1.06. The lowest BCUT2D eigenvalue weighted by Crippen LogP contribution is -2.47. The van der Waals surface area contributed by atoms with Crippen LogP contribution in [0.4, 0.5) is 0 Å². The van der Waals surface area contributed by atoms with E-state index in [9.17, 15) is 0 Å². The molecule has 1 fully saturated rings. The summed E-state index contributed by atoms with van der Waals surface area (Å²) in [6.45, 7) is 9.66. The Balaban J connectivity index is 0.00000320. The fourth-order valence-corrected chi connectivity index (χ4v) is 3.70. The Bertz CT molecular complexity index is 775. The molecule has 1 atom stereocenters. The van der Waals surface area contributed by atoms with Crippen molar-refractivity contribution < 1.29 is 4.42 Å². The Kier molecular flexibility index (Phi) is 10.1. The molecule has 1 saturated heterocycles. The van der Waals surface area contributed by atoms with Gasteiger partial charge < -0.3 is 20.0 Å². The number of hydrogen-bond donors (Lipinski definition) is 2. The van der Waals surface area contributed by atoms with Gasteiger partial charge in [-0.2, -0.15) is 0 Å². The van der Waals surface area contributed by atoms with Crippen molar-refractivity contribution in [1.29, 1.82) is 0 Å². The summed E-state index contributed by atoms with van der Waals surface area (Å²) < 4.78 is 5.61. The molecule has 0 radical (unpaired) electrons. The van der Waals surface area contributed by atoms with E-state index in [1.54, 1.807) is 7.05 Å². The Hall–Kier alpha value is -1.65. The third-order valence-corrected chi connectivity index (χ3v) is 5.50. The summed E-state index contributed by atoms with van der Waals surface area (Å²) in [5.74, 6) is 2.33. The average Bonchev–Trinajstić information content (AvgIpc) is 3.06.